The third-order valence-corrected chi connectivity index (χ3v) is 5.44. The quantitative estimate of drug-likeness (QED) is 0.878. The second-order valence-electron chi connectivity index (χ2n) is 4.40. The van der Waals surface area contributed by atoms with Crippen molar-refractivity contribution in [2.24, 2.45) is 11.7 Å². The van der Waals surface area contributed by atoms with Gasteiger partial charge in [-0.1, -0.05) is 15.9 Å². The van der Waals surface area contributed by atoms with Gasteiger partial charge in [-0.25, -0.2) is 0 Å². The molecule has 1 saturated heterocycles. The van der Waals surface area contributed by atoms with Crippen molar-refractivity contribution in [3.63, 3.8) is 0 Å². The average molecular weight is 334 g/mol. The Hall–Kier alpha value is -0.630. The highest BCUT2D eigenvalue weighted by molar-refractivity contribution is 9.10. The molecular weight excluding hydrogens is 318 g/mol. The number of benzene rings is 1. The van der Waals surface area contributed by atoms with E-state index in [0.717, 1.165) is 4.47 Å². The molecule has 5 nitrogen and oxygen atoms in total. The number of halogens is 1. The van der Waals surface area contributed by atoms with Gasteiger partial charge in [0.05, 0.1) is 5.69 Å². The van der Waals surface area contributed by atoms with Crippen LogP contribution in [0.25, 0.3) is 0 Å². The summed E-state index contributed by atoms with van der Waals surface area (Å²) in [5.74, 6) is 0.155. The fourth-order valence-electron chi connectivity index (χ4n) is 2.01. The van der Waals surface area contributed by atoms with Gasteiger partial charge in [-0.05, 0) is 30.8 Å². The predicted molar refractivity (Wildman–Crippen MR) is 75.6 cm³/mol. The highest BCUT2D eigenvalue weighted by Crippen LogP contribution is 2.26. The van der Waals surface area contributed by atoms with E-state index in [-0.39, 0.29) is 5.92 Å². The lowest BCUT2D eigenvalue weighted by atomic mass is 10.1. The van der Waals surface area contributed by atoms with Gasteiger partial charge in [0.15, 0.2) is 0 Å². The molecular formula is C11H16BrN3O2S. The van der Waals surface area contributed by atoms with E-state index in [0.29, 0.717) is 25.3 Å². The minimum Gasteiger partial charge on any atom is -0.330 e. The summed E-state index contributed by atoms with van der Waals surface area (Å²) in [6.45, 7) is 1.39. The van der Waals surface area contributed by atoms with Gasteiger partial charge in [0.2, 0.25) is 0 Å². The standard InChI is InChI=1S/C11H16BrN3O2S/c1-14-7-9(6-13)8-15(18(14,16)17)11-4-2-10(12)3-5-11/h2-5,9H,6-8,13H2,1H3. The number of hydrogen-bond acceptors (Lipinski definition) is 3. The van der Waals surface area contributed by atoms with E-state index in [9.17, 15) is 8.42 Å². The molecule has 0 amide bonds. The molecule has 0 aromatic heterocycles. The van der Waals surface area contributed by atoms with Crippen LogP contribution in [0.4, 0.5) is 5.69 Å². The Labute approximate surface area is 116 Å². The number of nitrogens with two attached hydrogens (primary N) is 1. The maximum absolute atomic E-state index is 12.3. The summed E-state index contributed by atoms with van der Waals surface area (Å²) in [4.78, 5) is 0. The molecule has 0 saturated carbocycles. The third kappa shape index (κ3) is 2.54. The van der Waals surface area contributed by atoms with Gasteiger partial charge in [-0.15, -0.1) is 0 Å². The van der Waals surface area contributed by atoms with Crippen molar-refractivity contribution in [3.05, 3.63) is 28.7 Å². The lowest BCUT2D eigenvalue weighted by Gasteiger charge is -2.38. The van der Waals surface area contributed by atoms with Crippen molar-refractivity contribution in [1.82, 2.24) is 4.31 Å². The van der Waals surface area contributed by atoms with Crippen LogP contribution in [0.1, 0.15) is 0 Å². The first-order valence-electron chi connectivity index (χ1n) is 5.65. The number of nitrogens with zero attached hydrogens (tertiary/aromatic N) is 2. The van der Waals surface area contributed by atoms with Crippen LogP contribution in [0, 0.1) is 5.92 Å². The molecule has 1 heterocycles. The molecule has 1 aromatic carbocycles. The molecule has 18 heavy (non-hydrogen) atoms. The minimum atomic E-state index is -3.42. The minimum absolute atomic E-state index is 0.155. The lowest BCUT2D eigenvalue weighted by Crippen LogP contribution is -2.53. The van der Waals surface area contributed by atoms with E-state index >= 15 is 0 Å². The van der Waals surface area contributed by atoms with Gasteiger partial charge < -0.3 is 5.73 Å². The van der Waals surface area contributed by atoms with Gasteiger partial charge in [0.25, 0.3) is 0 Å². The van der Waals surface area contributed by atoms with Crippen molar-refractivity contribution in [1.29, 1.82) is 0 Å². The first-order valence-corrected chi connectivity index (χ1v) is 7.84. The molecule has 0 bridgehead atoms. The summed E-state index contributed by atoms with van der Waals surface area (Å²) in [7, 11) is -1.83. The van der Waals surface area contributed by atoms with Gasteiger partial charge in [-0.3, -0.25) is 4.31 Å². The molecule has 1 atom stereocenters. The highest BCUT2D eigenvalue weighted by atomic mass is 79.9. The van der Waals surface area contributed by atoms with Gasteiger partial charge >= 0.3 is 10.2 Å². The summed E-state index contributed by atoms with van der Waals surface area (Å²) in [6, 6.07) is 7.23. The molecule has 2 rings (SSSR count). The van der Waals surface area contributed by atoms with Gasteiger partial charge in [-0.2, -0.15) is 12.7 Å². The van der Waals surface area contributed by atoms with Crippen LogP contribution in [0.2, 0.25) is 0 Å². The molecule has 100 valence electrons. The van der Waals surface area contributed by atoms with Crippen molar-refractivity contribution in [3.8, 4) is 0 Å². The summed E-state index contributed by atoms with van der Waals surface area (Å²) in [5, 5.41) is 0. The molecule has 1 unspecified atom stereocenters. The predicted octanol–water partition coefficient (Wildman–Crippen LogP) is 1.02. The van der Waals surface area contributed by atoms with Crippen molar-refractivity contribution < 1.29 is 8.42 Å². The van der Waals surface area contributed by atoms with Crippen LogP contribution in [0.15, 0.2) is 28.7 Å². The fourth-order valence-corrected chi connectivity index (χ4v) is 3.79. The summed E-state index contributed by atoms with van der Waals surface area (Å²) >= 11 is 3.34. The van der Waals surface area contributed by atoms with E-state index in [1.807, 2.05) is 12.1 Å². The zero-order chi connectivity index (χ0) is 13.3. The van der Waals surface area contributed by atoms with E-state index in [2.05, 4.69) is 15.9 Å². The molecule has 2 N–H and O–H groups in total. The zero-order valence-electron chi connectivity index (χ0n) is 10.1. The maximum atomic E-state index is 12.3. The third-order valence-electron chi connectivity index (χ3n) is 3.06. The maximum Gasteiger partial charge on any atom is 0.303 e. The molecule has 7 heteroatoms. The Morgan fingerprint density at radius 1 is 1.33 bits per heavy atom. The topological polar surface area (TPSA) is 66.6 Å². The van der Waals surface area contributed by atoms with E-state index in [1.165, 1.54) is 8.61 Å². The monoisotopic (exact) mass is 333 g/mol. The molecule has 1 fully saturated rings. The van der Waals surface area contributed by atoms with Crippen LogP contribution >= 0.6 is 15.9 Å². The Morgan fingerprint density at radius 2 is 1.94 bits per heavy atom. The second kappa shape index (κ2) is 5.16. The molecule has 1 aliphatic rings. The SMILES string of the molecule is CN1CC(CN)CN(c2ccc(Br)cc2)S1(=O)=O. The second-order valence-corrected chi connectivity index (χ2v) is 7.27. The highest BCUT2D eigenvalue weighted by Gasteiger charge is 2.35. The largest absolute Gasteiger partial charge is 0.330 e. The van der Waals surface area contributed by atoms with Crippen LogP contribution in [0.5, 0.6) is 0 Å². The Balaban J connectivity index is 2.36. The lowest BCUT2D eigenvalue weighted by molar-refractivity contribution is 0.363. The number of rotatable bonds is 2. The molecule has 0 radical (unpaired) electrons. The summed E-state index contributed by atoms with van der Waals surface area (Å²) in [6.07, 6.45) is 0. The number of hydrogen-bond donors (Lipinski definition) is 1. The Kier molecular flexibility index (Phi) is 3.96. The summed E-state index contributed by atoms with van der Waals surface area (Å²) in [5.41, 5.74) is 6.33. The van der Waals surface area contributed by atoms with Crippen molar-refractivity contribution in [2.45, 2.75) is 0 Å². The van der Waals surface area contributed by atoms with Crippen LogP contribution in [-0.4, -0.2) is 39.4 Å². The van der Waals surface area contributed by atoms with Gasteiger partial charge in [0, 0.05) is 30.5 Å². The van der Waals surface area contributed by atoms with E-state index in [4.69, 9.17) is 5.73 Å². The van der Waals surface area contributed by atoms with Gasteiger partial charge in [0.1, 0.15) is 0 Å². The van der Waals surface area contributed by atoms with Crippen molar-refractivity contribution in [2.75, 3.05) is 31.0 Å². The molecule has 1 aliphatic heterocycles. The first-order chi connectivity index (χ1) is 8.45. The molecule has 1 aromatic rings. The van der Waals surface area contributed by atoms with Crippen LogP contribution in [-0.2, 0) is 10.2 Å². The fraction of sp³-hybridized carbons (Fsp3) is 0.455. The Morgan fingerprint density at radius 3 is 2.50 bits per heavy atom. The normalized spacial score (nSPS) is 24.2. The van der Waals surface area contributed by atoms with Crippen molar-refractivity contribution >= 4 is 31.8 Å². The molecule has 0 aliphatic carbocycles. The van der Waals surface area contributed by atoms with Crippen LogP contribution < -0.4 is 10.0 Å². The average Bonchev–Trinajstić information content (AvgIpc) is 2.34. The smallest absolute Gasteiger partial charge is 0.303 e. The van der Waals surface area contributed by atoms with E-state index in [1.54, 1.807) is 19.2 Å². The van der Waals surface area contributed by atoms with E-state index < -0.39 is 10.2 Å². The first kappa shape index (κ1) is 13.8. The van der Waals surface area contributed by atoms with Crippen LogP contribution in [0.3, 0.4) is 0 Å². The zero-order valence-corrected chi connectivity index (χ0v) is 12.5. The Bertz CT molecular complexity index is 518. The molecule has 0 spiro atoms. The number of anilines is 1. The summed E-state index contributed by atoms with van der Waals surface area (Å²) < 4.78 is 28.2.